The van der Waals surface area contributed by atoms with E-state index in [0.29, 0.717) is 17.9 Å². The summed E-state index contributed by atoms with van der Waals surface area (Å²) < 4.78 is 10.9. The number of ether oxygens (including phenoxy) is 2. The largest absolute Gasteiger partial charge is 0.492 e. The van der Waals surface area contributed by atoms with Crippen LogP contribution in [-0.2, 0) is 9.53 Å². The molecule has 8 heteroatoms. The number of carboxylic acid groups (broad SMARTS) is 1. The first-order valence-electron chi connectivity index (χ1n) is 9.50. The van der Waals surface area contributed by atoms with Gasteiger partial charge in [0.15, 0.2) is 6.04 Å². The summed E-state index contributed by atoms with van der Waals surface area (Å²) in [7, 11) is 2.12. The highest BCUT2D eigenvalue weighted by Crippen LogP contribution is 2.19. The highest BCUT2D eigenvalue weighted by molar-refractivity contribution is 5.81. The van der Waals surface area contributed by atoms with Crippen LogP contribution in [0.25, 0.3) is 0 Å². The van der Waals surface area contributed by atoms with E-state index >= 15 is 0 Å². The number of aliphatic carboxylic acids is 1. The lowest BCUT2D eigenvalue weighted by atomic mass is 10.1. The Labute approximate surface area is 166 Å². The van der Waals surface area contributed by atoms with E-state index in [4.69, 9.17) is 9.47 Å². The fraction of sp³-hybridized carbons (Fsp3) is 0.600. The first kappa shape index (κ1) is 22.0. The number of carbonyl (C=O) groups excluding carboxylic acids is 1. The number of piperazine rings is 1. The van der Waals surface area contributed by atoms with Gasteiger partial charge in [-0.25, -0.2) is 9.59 Å². The fourth-order valence-electron chi connectivity index (χ4n) is 2.83. The maximum absolute atomic E-state index is 11.9. The molecule has 0 aliphatic carbocycles. The SMILES string of the molecule is CN1CCN(CCOc2ccc([C@@H](NC(=O)OC(C)(C)C)C(=O)O)cc2)CC1. The van der Waals surface area contributed by atoms with Crippen molar-refractivity contribution in [2.75, 3.05) is 46.4 Å². The number of carboxylic acids is 1. The zero-order valence-electron chi connectivity index (χ0n) is 17.1. The van der Waals surface area contributed by atoms with Crippen LogP contribution in [0, 0.1) is 0 Å². The molecule has 1 aromatic rings. The standard InChI is InChI=1S/C20H31N3O5/c1-20(2,3)28-19(26)21-17(18(24)25)15-5-7-16(8-6-15)27-14-13-23-11-9-22(4)10-12-23/h5-8,17H,9-14H2,1-4H3,(H,21,26)(H,24,25)/t17-/m1/s1. The molecule has 1 fully saturated rings. The molecule has 0 saturated carbocycles. The van der Waals surface area contributed by atoms with Crippen LogP contribution in [0.1, 0.15) is 32.4 Å². The number of likely N-dealkylation sites (N-methyl/N-ethyl adjacent to an activating group) is 1. The molecule has 28 heavy (non-hydrogen) atoms. The molecule has 0 aromatic heterocycles. The summed E-state index contributed by atoms with van der Waals surface area (Å²) in [6, 6.07) is 5.52. The number of hydrogen-bond acceptors (Lipinski definition) is 6. The monoisotopic (exact) mass is 393 g/mol. The summed E-state index contributed by atoms with van der Waals surface area (Å²) >= 11 is 0. The molecule has 2 N–H and O–H groups in total. The summed E-state index contributed by atoms with van der Waals surface area (Å²) in [4.78, 5) is 28.1. The van der Waals surface area contributed by atoms with E-state index in [1.54, 1.807) is 45.0 Å². The summed E-state index contributed by atoms with van der Waals surface area (Å²) in [5, 5.41) is 11.8. The van der Waals surface area contributed by atoms with Gasteiger partial charge in [-0.3, -0.25) is 4.90 Å². The van der Waals surface area contributed by atoms with E-state index in [0.717, 1.165) is 32.7 Å². The lowest BCUT2D eigenvalue weighted by Gasteiger charge is -2.32. The normalized spacial score (nSPS) is 17.0. The zero-order valence-corrected chi connectivity index (χ0v) is 17.1. The summed E-state index contributed by atoms with van der Waals surface area (Å²) in [6.07, 6.45) is -0.771. The molecule has 0 spiro atoms. The van der Waals surface area contributed by atoms with E-state index < -0.39 is 23.7 Å². The summed E-state index contributed by atoms with van der Waals surface area (Å²) in [5.74, 6) is -0.492. The molecule has 1 aliphatic rings. The van der Waals surface area contributed by atoms with Crippen LogP contribution >= 0.6 is 0 Å². The first-order valence-corrected chi connectivity index (χ1v) is 9.50. The van der Waals surface area contributed by atoms with Crippen molar-refractivity contribution < 1.29 is 24.2 Å². The minimum Gasteiger partial charge on any atom is -0.492 e. The predicted molar refractivity (Wildman–Crippen MR) is 106 cm³/mol. The second-order valence-electron chi connectivity index (χ2n) is 7.98. The Kier molecular flexibility index (Phi) is 7.65. The summed E-state index contributed by atoms with van der Waals surface area (Å²) in [5.41, 5.74) is -0.251. The lowest BCUT2D eigenvalue weighted by molar-refractivity contribution is -0.139. The molecule has 1 saturated heterocycles. The van der Waals surface area contributed by atoms with Crippen molar-refractivity contribution in [1.29, 1.82) is 0 Å². The third-order valence-electron chi connectivity index (χ3n) is 4.39. The van der Waals surface area contributed by atoms with Crippen molar-refractivity contribution in [1.82, 2.24) is 15.1 Å². The number of amides is 1. The van der Waals surface area contributed by atoms with Gasteiger partial charge in [-0.2, -0.15) is 0 Å². The van der Waals surface area contributed by atoms with Gasteiger partial charge >= 0.3 is 12.1 Å². The number of carbonyl (C=O) groups is 2. The van der Waals surface area contributed by atoms with Gasteiger partial charge in [0.25, 0.3) is 0 Å². The topological polar surface area (TPSA) is 91.3 Å². The van der Waals surface area contributed by atoms with Crippen LogP contribution in [0.2, 0.25) is 0 Å². The van der Waals surface area contributed by atoms with Crippen LogP contribution in [0.15, 0.2) is 24.3 Å². The summed E-state index contributed by atoms with van der Waals surface area (Å²) in [6.45, 7) is 10.8. The maximum Gasteiger partial charge on any atom is 0.408 e. The fourth-order valence-corrected chi connectivity index (χ4v) is 2.83. The number of alkyl carbamates (subject to hydrolysis) is 1. The Morgan fingerprint density at radius 3 is 2.29 bits per heavy atom. The molecular formula is C20H31N3O5. The molecule has 0 radical (unpaired) electrons. The molecule has 0 bridgehead atoms. The molecular weight excluding hydrogens is 362 g/mol. The van der Waals surface area contributed by atoms with E-state index in [-0.39, 0.29) is 0 Å². The third-order valence-corrected chi connectivity index (χ3v) is 4.39. The van der Waals surface area contributed by atoms with Crippen LogP contribution in [0.5, 0.6) is 5.75 Å². The molecule has 1 aromatic carbocycles. The number of benzene rings is 1. The van der Waals surface area contributed by atoms with Gasteiger partial charge in [0.05, 0.1) is 0 Å². The molecule has 0 unspecified atom stereocenters. The van der Waals surface area contributed by atoms with Gasteiger partial charge in [-0.1, -0.05) is 12.1 Å². The Morgan fingerprint density at radius 1 is 1.14 bits per heavy atom. The average Bonchev–Trinajstić information content (AvgIpc) is 2.60. The van der Waals surface area contributed by atoms with Crippen molar-refractivity contribution >= 4 is 12.1 Å². The second-order valence-corrected chi connectivity index (χ2v) is 7.98. The minimum atomic E-state index is -1.19. The highest BCUT2D eigenvalue weighted by Gasteiger charge is 2.25. The highest BCUT2D eigenvalue weighted by atomic mass is 16.6. The Morgan fingerprint density at radius 2 is 1.75 bits per heavy atom. The van der Waals surface area contributed by atoms with E-state index in [1.807, 2.05) is 0 Å². The van der Waals surface area contributed by atoms with Gasteiger partial charge < -0.3 is 24.8 Å². The quantitative estimate of drug-likeness (QED) is 0.732. The van der Waals surface area contributed by atoms with Crippen molar-refractivity contribution in [2.45, 2.75) is 32.4 Å². The molecule has 156 valence electrons. The van der Waals surface area contributed by atoms with Gasteiger partial charge in [0.2, 0.25) is 0 Å². The van der Waals surface area contributed by atoms with Crippen LogP contribution in [-0.4, -0.2) is 78.9 Å². The van der Waals surface area contributed by atoms with Gasteiger partial charge in [0.1, 0.15) is 18.0 Å². The van der Waals surface area contributed by atoms with Gasteiger partial charge in [-0.05, 0) is 45.5 Å². The molecule has 1 amide bonds. The van der Waals surface area contributed by atoms with Gasteiger partial charge in [-0.15, -0.1) is 0 Å². The Bertz CT molecular complexity index is 649. The predicted octanol–water partition coefficient (Wildman–Crippen LogP) is 1.96. The number of rotatable bonds is 7. The van der Waals surface area contributed by atoms with E-state index in [1.165, 1.54) is 0 Å². The third kappa shape index (κ3) is 7.36. The zero-order chi connectivity index (χ0) is 20.7. The van der Waals surface area contributed by atoms with E-state index in [2.05, 4.69) is 22.2 Å². The maximum atomic E-state index is 11.9. The van der Waals surface area contributed by atoms with Crippen molar-refractivity contribution in [3.8, 4) is 5.75 Å². The lowest BCUT2D eigenvalue weighted by Crippen LogP contribution is -2.45. The molecule has 1 heterocycles. The Hall–Kier alpha value is -2.32. The van der Waals surface area contributed by atoms with Crippen molar-refractivity contribution in [3.05, 3.63) is 29.8 Å². The van der Waals surface area contributed by atoms with Crippen LogP contribution < -0.4 is 10.1 Å². The first-order chi connectivity index (χ1) is 13.1. The van der Waals surface area contributed by atoms with Crippen molar-refractivity contribution in [3.63, 3.8) is 0 Å². The minimum absolute atomic E-state index is 0.449. The number of nitrogens with zero attached hydrogens (tertiary/aromatic N) is 2. The average molecular weight is 393 g/mol. The molecule has 8 nitrogen and oxygen atoms in total. The van der Waals surface area contributed by atoms with E-state index in [9.17, 15) is 14.7 Å². The van der Waals surface area contributed by atoms with Crippen LogP contribution in [0.3, 0.4) is 0 Å². The smallest absolute Gasteiger partial charge is 0.408 e. The number of nitrogens with one attached hydrogen (secondary N) is 1. The van der Waals surface area contributed by atoms with Crippen molar-refractivity contribution in [2.24, 2.45) is 0 Å². The van der Waals surface area contributed by atoms with Crippen LogP contribution in [0.4, 0.5) is 4.79 Å². The second kappa shape index (κ2) is 9.75. The molecule has 2 rings (SSSR count). The molecule has 1 atom stereocenters. The number of hydrogen-bond donors (Lipinski definition) is 2. The molecule has 1 aliphatic heterocycles. The Balaban J connectivity index is 1.86. The van der Waals surface area contributed by atoms with Gasteiger partial charge in [0, 0.05) is 32.7 Å².